The lowest BCUT2D eigenvalue weighted by Crippen LogP contribution is -2.35. The summed E-state index contributed by atoms with van der Waals surface area (Å²) in [7, 11) is -3.22. The van der Waals surface area contributed by atoms with Crippen LogP contribution in [0.3, 0.4) is 0 Å². The number of hydrogen-bond donors (Lipinski definition) is 1. The molecular formula is C13H18N2O4S. The third kappa shape index (κ3) is 2.78. The molecular weight excluding hydrogens is 280 g/mol. The van der Waals surface area contributed by atoms with Crippen molar-refractivity contribution >= 4 is 21.7 Å². The van der Waals surface area contributed by atoms with Gasteiger partial charge >= 0.3 is 5.97 Å². The molecule has 1 aliphatic heterocycles. The number of carbonyl (C=O) groups excluding carboxylic acids is 1. The van der Waals surface area contributed by atoms with Gasteiger partial charge in [-0.25, -0.2) is 13.2 Å². The van der Waals surface area contributed by atoms with E-state index in [1.165, 1.54) is 10.6 Å². The van der Waals surface area contributed by atoms with E-state index in [1.54, 1.807) is 19.1 Å². The van der Waals surface area contributed by atoms with Crippen LogP contribution in [0.2, 0.25) is 0 Å². The van der Waals surface area contributed by atoms with E-state index in [0.717, 1.165) is 11.1 Å². The van der Waals surface area contributed by atoms with Crippen LogP contribution in [0.25, 0.3) is 0 Å². The number of sulfonamides is 1. The van der Waals surface area contributed by atoms with Crippen LogP contribution >= 0.6 is 0 Å². The normalized spacial score (nSPS) is 15.7. The van der Waals surface area contributed by atoms with Crippen molar-refractivity contribution in [1.29, 1.82) is 0 Å². The second-order valence-electron chi connectivity index (χ2n) is 4.73. The minimum Gasteiger partial charge on any atom is -0.462 e. The number of rotatable bonds is 3. The maximum Gasteiger partial charge on any atom is 0.340 e. The molecule has 0 spiro atoms. The van der Waals surface area contributed by atoms with E-state index in [9.17, 15) is 13.2 Å². The summed E-state index contributed by atoms with van der Waals surface area (Å²) in [5, 5.41) is 0. The van der Waals surface area contributed by atoms with Crippen LogP contribution in [-0.2, 0) is 27.7 Å². The first-order valence-corrected chi connectivity index (χ1v) is 8.22. The van der Waals surface area contributed by atoms with E-state index in [4.69, 9.17) is 10.5 Å². The van der Waals surface area contributed by atoms with Crippen molar-refractivity contribution in [1.82, 2.24) is 4.31 Å². The van der Waals surface area contributed by atoms with E-state index in [1.807, 2.05) is 0 Å². The van der Waals surface area contributed by atoms with Crippen molar-refractivity contribution in [3.63, 3.8) is 0 Å². The lowest BCUT2D eigenvalue weighted by molar-refractivity contribution is 0.0527. The molecule has 1 aromatic carbocycles. The van der Waals surface area contributed by atoms with Gasteiger partial charge in [0.05, 0.1) is 18.4 Å². The number of nitrogens with zero attached hydrogens (tertiary/aromatic N) is 1. The Balaban J connectivity index is 2.35. The Kier molecular flexibility index (Phi) is 4.01. The molecule has 1 aliphatic rings. The molecule has 0 saturated heterocycles. The highest BCUT2D eigenvalue weighted by Crippen LogP contribution is 2.28. The number of nitrogens with two attached hydrogens (primary N) is 1. The predicted octanol–water partition coefficient (Wildman–Crippen LogP) is 0.763. The Morgan fingerprint density at radius 2 is 2.15 bits per heavy atom. The molecule has 20 heavy (non-hydrogen) atoms. The molecule has 2 rings (SSSR count). The number of benzene rings is 1. The summed E-state index contributed by atoms with van der Waals surface area (Å²) in [5.74, 6) is -0.446. The van der Waals surface area contributed by atoms with Gasteiger partial charge < -0.3 is 10.5 Å². The van der Waals surface area contributed by atoms with Crippen LogP contribution in [0.15, 0.2) is 12.1 Å². The van der Waals surface area contributed by atoms with Gasteiger partial charge in [-0.15, -0.1) is 0 Å². The SMILES string of the molecule is CCOC(=O)c1ccc2c(c1N)CCN(S(C)(=O)=O)C2. The van der Waals surface area contributed by atoms with Gasteiger partial charge in [0.25, 0.3) is 0 Å². The average Bonchev–Trinajstić information content (AvgIpc) is 2.38. The lowest BCUT2D eigenvalue weighted by atomic mass is 9.96. The van der Waals surface area contributed by atoms with Crippen molar-refractivity contribution < 1.29 is 17.9 Å². The van der Waals surface area contributed by atoms with Gasteiger partial charge in [-0.2, -0.15) is 4.31 Å². The highest BCUT2D eigenvalue weighted by molar-refractivity contribution is 7.88. The number of anilines is 1. The molecule has 1 heterocycles. The minimum atomic E-state index is -3.22. The maximum absolute atomic E-state index is 11.8. The van der Waals surface area contributed by atoms with Crippen molar-refractivity contribution in [2.75, 3.05) is 25.1 Å². The Bertz CT molecular complexity index is 640. The molecule has 0 aliphatic carbocycles. The molecule has 0 radical (unpaired) electrons. The minimum absolute atomic E-state index is 0.289. The molecule has 0 amide bonds. The average molecular weight is 298 g/mol. The number of carbonyl (C=O) groups is 1. The monoisotopic (exact) mass is 298 g/mol. The van der Waals surface area contributed by atoms with E-state index in [0.29, 0.717) is 30.8 Å². The van der Waals surface area contributed by atoms with Crippen LogP contribution in [0.1, 0.15) is 28.4 Å². The molecule has 0 unspecified atom stereocenters. The van der Waals surface area contributed by atoms with Crippen LogP contribution < -0.4 is 5.73 Å². The standard InChI is InChI=1S/C13H18N2O4S/c1-3-19-13(16)11-5-4-9-8-15(20(2,17)18)7-6-10(9)12(11)14/h4-5H,3,6-8,14H2,1-2H3. The summed E-state index contributed by atoms with van der Waals surface area (Å²) in [6.07, 6.45) is 1.69. The first-order valence-electron chi connectivity index (χ1n) is 6.37. The zero-order valence-electron chi connectivity index (χ0n) is 11.5. The van der Waals surface area contributed by atoms with Gasteiger partial charge in [0.15, 0.2) is 0 Å². The number of ether oxygens (including phenoxy) is 1. The van der Waals surface area contributed by atoms with E-state index in [-0.39, 0.29) is 6.61 Å². The second kappa shape index (κ2) is 5.41. The quantitative estimate of drug-likeness (QED) is 0.657. The van der Waals surface area contributed by atoms with Gasteiger partial charge in [-0.1, -0.05) is 6.07 Å². The van der Waals surface area contributed by atoms with Gasteiger partial charge in [0, 0.05) is 18.8 Å². The second-order valence-corrected chi connectivity index (χ2v) is 6.71. The molecule has 7 heteroatoms. The molecule has 0 aromatic heterocycles. The predicted molar refractivity (Wildman–Crippen MR) is 75.8 cm³/mol. The summed E-state index contributed by atoms with van der Waals surface area (Å²) >= 11 is 0. The van der Waals surface area contributed by atoms with E-state index >= 15 is 0 Å². The molecule has 0 atom stereocenters. The number of hydrogen-bond acceptors (Lipinski definition) is 5. The fraction of sp³-hybridized carbons (Fsp3) is 0.462. The third-order valence-corrected chi connectivity index (χ3v) is 4.63. The van der Waals surface area contributed by atoms with Crippen molar-refractivity contribution in [3.8, 4) is 0 Å². The summed E-state index contributed by atoms with van der Waals surface area (Å²) in [6, 6.07) is 3.34. The Morgan fingerprint density at radius 3 is 2.75 bits per heavy atom. The maximum atomic E-state index is 11.8. The zero-order valence-corrected chi connectivity index (χ0v) is 12.4. The molecule has 110 valence electrons. The smallest absolute Gasteiger partial charge is 0.340 e. The summed E-state index contributed by atoms with van der Waals surface area (Å²) in [4.78, 5) is 11.8. The molecule has 0 saturated carbocycles. The Hall–Kier alpha value is -1.60. The molecule has 2 N–H and O–H groups in total. The Labute approximate surface area is 118 Å². The van der Waals surface area contributed by atoms with Gasteiger partial charge in [-0.3, -0.25) is 0 Å². The topological polar surface area (TPSA) is 89.7 Å². The molecule has 0 fully saturated rings. The van der Waals surface area contributed by atoms with Crippen molar-refractivity contribution in [2.45, 2.75) is 19.9 Å². The van der Waals surface area contributed by atoms with Gasteiger partial charge in [0.2, 0.25) is 10.0 Å². The summed E-state index contributed by atoms with van der Waals surface area (Å²) < 4.78 is 29.5. The van der Waals surface area contributed by atoms with E-state index in [2.05, 4.69) is 0 Å². The number of esters is 1. The summed E-state index contributed by atoms with van der Waals surface area (Å²) in [6.45, 7) is 2.69. The summed E-state index contributed by atoms with van der Waals surface area (Å²) in [5.41, 5.74) is 8.45. The number of fused-ring (bicyclic) bond motifs is 1. The van der Waals surface area contributed by atoms with Gasteiger partial charge in [0.1, 0.15) is 0 Å². The fourth-order valence-corrected chi connectivity index (χ4v) is 3.13. The molecule has 1 aromatic rings. The van der Waals surface area contributed by atoms with E-state index < -0.39 is 16.0 Å². The van der Waals surface area contributed by atoms with Crippen molar-refractivity contribution in [2.24, 2.45) is 0 Å². The van der Waals surface area contributed by atoms with Crippen LogP contribution in [0.5, 0.6) is 0 Å². The zero-order chi connectivity index (χ0) is 14.9. The van der Waals surface area contributed by atoms with Crippen molar-refractivity contribution in [3.05, 3.63) is 28.8 Å². The van der Waals surface area contributed by atoms with Crippen LogP contribution in [0, 0.1) is 0 Å². The van der Waals surface area contributed by atoms with Gasteiger partial charge in [-0.05, 0) is 30.5 Å². The first-order chi connectivity index (χ1) is 9.34. The fourth-order valence-electron chi connectivity index (χ4n) is 2.33. The first kappa shape index (κ1) is 14.8. The highest BCUT2D eigenvalue weighted by Gasteiger charge is 2.26. The molecule has 6 nitrogen and oxygen atoms in total. The highest BCUT2D eigenvalue weighted by atomic mass is 32.2. The van der Waals surface area contributed by atoms with Crippen LogP contribution in [-0.4, -0.2) is 38.1 Å². The lowest BCUT2D eigenvalue weighted by Gasteiger charge is -2.28. The number of nitrogen functional groups attached to an aromatic ring is 1. The van der Waals surface area contributed by atoms with Crippen LogP contribution in [0.4, 0.5) is 5.69 Å². The molecule has 0 bridgehead atoms. The largest absolute Gasteiger partial charge is 0.462 e. The third-order valence-electron chi connectivity index (χ3n) is 3.38. The Morgan fingerprint density at radius 1 is 1.45 bits per heavy atom.